The molecule has 0 aromatic carbocycles. The Labute approximate surface area is 103 Å². The van der Waals surface area contributed by atoms with Crippen LogP contribution in [0.4, 0.5) is 0 Å². The lowest BCUT2D eigenvalue weighted by Gasteiger charge is -2.13. The van der Waals surface area contributed by atoms with Crippen LogP contribution >= 0.6 is 0 Å². The number of rotatable bonds is 10. The fraction of sp³-hybridized carbons (Fsp3) is 1.00. The molecular weight excluding hydrogens is 232 g/mol. The van der Waals surface area contributed by atoms with Crippen molar-refractivity contribution in [2.45, 2.75) is 18.9 Å². The Bertz CT molecular complexity index is 111. The third-order valence-electron chi connectivity index (χ3n) is 1.78. The van der Waals surface area contributed by atoms with Crippen molar-refractivity contribution in [3.63, 3.8) is 0 Å². The van der Waals surface area contributed by atoms with E-state index < -0.39 is 0 Å². The van der Waals surface area contributed by atoms with Crippen LogP contribution in [0.5, 0.6) is 0 Å². The van der Waals surface area contributed by atoms with E-state index in [2.05, 4.69) is 19.6 Å². The van der Waals surface area contributed by atoms with Crippen LogP contribution < -0.4 is 0 Å². The van der Waals surface area contributed by atoms with Crippen LogP contribution in [0, 0.1) is 0 Å². The highest BCUT2D eigenvalue weighted by atomic mass is 17.2. The maximum atomic E-state index is 5.17. The highest BCUT2D eigenvalue weighted by Gasteiger charge is 2.07. The Kier molecular flexibility index (Phi) is 20.3. The first-order valence-corrected chi connectivity index (χ1v) is 5.17. The van der Waals surface area contributed by atoms with E-state index in [-0.39, 0.29) is 6.10 Å². The van der Waals surface area contributed by atoms with Crippen molar-refractivity contribution in [1.29, 1.82) is 0 Å². The van der Waals surface area contributed by atoms with Gasteiger partial charge in [0.2, 0.25) is 0 Å². The second-order valence-corrected chi connectivity index (χ2v) is 2.75. The van der Waals surface area contributed by atoms with Gasteiger partial charge in [0.1, 0.15) is 0 Å². The van der Waals surface area contributed by atoms with Crippen LogP contribution in [0.3, 0.4) is 0 Å². The minimum absolute atomic E-state index is 0.116. The fourth-order valence-electron chi connectivity index (χ4n) is 0.906. The van der Waals surface area contributed by atoms with E-state index in [0.29, 0.717) is 13.2 Å². The molecule has 0 aliphatic carbocycles. The van der Waals surface area contributed by atoms with Gasteiger partial charge in [0, 0.05) is 20.0 Å². The van der Waals surface area contributed by atoms with Crippen LogP contribution in [0.2, 0.25) is 0 Å². The van der Waals surface area contributed by atoms with Gasteiger partial charge in [-0.05, 0) is 0 Å². The molecule has 0 aliphatic rings. The summed E-state index contributed by atoms with van der Waals surface area (Å²) in [6.07, 6.45) is 1.67. The Hall–Kier alpha value is -0.280. The molecule has 0 aromatic rings. The van der Waals surface area contributed by atoms with Crippen molar-refractivity contribution >= 4 is 0 Å². The summed E-state index contributed by atoms with van der Waals surface area (Å²) in [5.41, 5.74) is 0. The third kappa shape index (κ3) is 18.3. The van der Waals surface area contributed by atoms with E-state index in [0.717, 1.165) is 12.8 Å². The molecule has 0 aliphatic heterocycles. The normalized spacial score (nSPS) is 10.2. The Morgan fingerprint density at radius 1 is 0.647 bits per heavy atom. The second-order valence-electron chi connectivity index (χ2n) is 2.75. The van der Waals surface area contributed by atoms with Gasteiger partial charge in [-0.2, -0.15) is 0 Å². The van der Waals surface area contributed by atoms with Crippen LogP contribution in [-0.2, 0) is 34.1 Å². The van der Waals surface area contributed by atoms with Crippen LogP contribution in [0.1, 0.15) is 12.8 Å². The summed E-state index contributed by atoms with van der Waals surface area (Å²) in [4.78, 5) is 26.4. The van der Waals surface area contributed by atoms with Gasteiger partial charge in [-0.25, -0.2) is 29.3 Å². The van der Waals surface area contributed by atoms with Crippen molar-refractivity contribution in [3.05, 3.63) is 0 Å². The molecule has 0 rings (SSSR count). The molecule has 0 saturated heterocycles. The topological polar surface area (TPSA) is 64.6 Å². The van der Waals surface area contributed by atoms with Crippen molar-refractivity contribution in [1.82, 2.24) is 0 Å². The monoisotopic (exact) mass is 256 g/mol. The summed E-state index contributed by atoms with van der Waals surface area (Å²) in [5.74, 6) is 0. The molecule has 0 unspecified atom stereocenters. The Morgan fingerprint density at radius 3 is 1.29 bits per heavy atom. The lowest BCUT2D eigenvalue weighted by molar-refractivity contribution is -0.281. The molecule has 0 aromatic heterocycles. The van der Waals surface area contributed by atoms with Crippen molar-refractivity contribution in [2.75, 3.05) is 48.8 Å². The molecule has 7 nitrogen and oxygen atoms in total. The minimum Gasteiger partial charge on any atom is -0.381 e. The molecule has 7 heteroatoms. The maximum Gasteiger partial charge on any atom is 0.0846 e. The average molecular weight is 256 g/mol. The van der Waals surface area contributed by atoms with Gasteiger partial charge in [-0.3, -0.25) is 0 Å². The van der Waals surface area contributed by atoms with Crippen LogP contribution in [-0.4, -0.2) is 54.9 Å². The van der Waals surface area contributed by atoms with E-state index in [4.69, 9.17) is 14.5 Å². The summed E-state index contributed by atoms with van der Waals surface area (Å²) in [6, 6.07) is 0. The summed E-state index contributed by atoms with van der Waals surface area (Å²) < 4.78 is 5.17. The largest absolute Gasteiger partial charge is 0.381 e. The zero-order chi connectivity index (χ0) is 13.4. The van der Waals surface area contributed by atoms with Crippen molar-refractivity contribution < 1.29 is 34.1 Å². The molecule has 106 valence electrons. The van der Waals surface area contributed by atoms with Gasteiger partial charge >= 0.3 is 0 Å². The van der Waals surface area contributed by atoms with Gasteiger partial charge in [0.25, 0.3) is 0 Å². The molecule has 0 heterocycles. The molecule has 17 heavy (non-hydrogen) atoms. The molecule has 0 amide bonds. The zero-order valence-electron chi connectivity index (χ0n) is 11.3. The zero-order valence-corrected chi connectivity index (χ0v) is 11.3. The molecule has 0 atom stereocenters. The SMILES string of the molecule is COOC.COOCCC(CCOOC)OC. The second kappa shape index (κ2) is 18.1. The number of hydrogen-bond donors (Lipinski definition) is 0. The van der Waals surface area contributed by atoms with Gasteiger partial charge in [0.05, 0.1) is 47.8 Å². The smallest absolute Gasteiger partial charge is 0.0846 e. The van der Waals surface area contributed by atoms with Gasteiger partial charge < -0.3 is 4.74 Å². The molecular formula is C10H24O7. The van der Waals surface area contributed by atoms with Gasteiger partial charge in [0.15, 0.2) is 0 Å². The minimum atomic E-state index is 0.116. The number of methoxy groups -OCH3 is 1. The lowest BCUT2D eigenvalue weighted by Crippen LogP contribution is -2.16. The number of hydrogen-bond acceptors (Lipinski definition) is 7. The Morgan fingerprint density at radius 2 is 1.06 bits per heavy atom. The van der Waals surface area contributed by atoms with Crippen molar-refractivity contribution in [2.24, 2.45) is 0 Å². The third-order valence-corrected chi connectivity index (χ3v) is 1.78. The summed E-state index contributed by atoms with van der Waals surface area (Å²) in [6.45, 7) is 1.03. The van der Waals surface area contributed by atoms with E-state index >= 15 is 0 Å². The highest BCUT2D eigenvalue weighted by Crippen LogP contribution is 2.03. The summed E-state index contributed by atoms with van der Waals surface area (Å²) in [7, 11) is 7.54. The number of ether oxygens (including phenoxy) is 1. The molecule has 0 bridgehead atoms. The van der Waals surface area contributed by atoms with Gasteiger partial charge in [-0.15, -0.1) is 0 Å². The molecule has 0 spiro atoms. The molecule has 0 N–H and O–H groups in total. The maximum absolute atomic E-state index is 5.17. The van der Waals surface area contributed by atoms with Crippen molar-refractivity contribution in [3.8, 4) is 0 Å². The van der Waals surface area contributed by atoms with E-state index in [9.17, 15) is 0 Å². The Balaban J connectivity index is 0. The van der Waals surface area contributed by atoms with Crippen LogP contribution in [0.25, 0.3) is 0 Å². The molecule has 0 saturated carbocycles. The average Bonchev–Trinajstić information content (AvgIpc) is 2.37. The first-order chi connectivity index (χ1) is 8.26. The first kappa shape index (κ1) is 19.1. The van der Waals surface area contributed by atoms with E-state index in [1.165, 1.54) is 28.4 Å². The predicted molar refractivity (Wildman–Crippen MR) is 60.0 cm³/mol. The van der Waals surface area contributed by atoms with E-state index in [1.807, 2.05) is 0 Å². The van der Waals surface area contributed by atoms with Crippen LogP contribution in [0.15, 0.2) is 0 Å². The van der Waals surface area contributed by atoms with Gasteiger partial charge in [-0.1, -0.05) is 0 Å². The standard InChI is InChI=1S/C8H18O5.C2H6O2/c1-9-8(4-6-12-10-2)5-7-13-11-3;1-3-4-2/h8H,4-7H2,1-3H3;1-2H3. The molecule has 0 radical (unpaired) electrons. The highest BCUT2D eigenvalue weighted by molar-refractivity contribution is 4.55. The summed E-state index contributed by atoms with van der Waals surface area (Å²) in [5, 5.41) is 0. The lowest BCUT2D eigenvalue weighted by atomic mass is 10.2. The predicted octanol–water partition coefficient (Wildman–Crippen LogP) is 1.13. The molecule has 0 fully saturated rings. The summed E-state index contributed by atoms with van der Waals surface area (Å²) >= 11 is 0. The quantitative estimate of drug-likeness (QED) is 0.330. The fourth-order valence-corrected chi connectivity index (χ4v) is 0.906. The first-order valence-electron chi connectivity index (χ1n) is 5.17. The van der Waals surface area contributed by atoms with E-state index in [1.54, 1.807) is 7.11 Å².